The molecule has 0 radical (unpaired) electrons. The molecule has 98 valence electrons. The number of rotatable bonds is 5. The Labute approximate surface area is 119 Å². The largest absolute Gasteiger partial charge is 0.384 e. The number of nitro groups is 1. The molecule has 0 saturated carbocycles. The number of anilines is 1. The summed E-state index contributed by atoms with van der Waals surface area (Å²) in [6.07, 6.45) is 0.610. The van der Waals surface area contributed by atoms with E-state index in [9.17, 15) is 10.1 Å². The molecule has 1 N–H and O–H groups in total. The summed E-state index contributed by atoms with van der Waals surface area (Å²) in [5.74, 6) is 0. The van der Waals surface area contributed by atoms with Crippen molar-refractivity contribution in [1.29, 1.82) is 0 Å². The van der Waals surface area contributed by atoms with Crippen LogP contribution in [0, 0.1) is 10.1 Å². The van der Waals surface area contributed by atoms with Crippen LogP contribution in [0.15, 0.2) is 53.0 Å². The van der Waals surface area contributed by atoms with Crippen molar-refractivity contribution in [1.82, 2.24) is 0 Å². The molecule has 0 aliphatic rings. The maximum atomic E-state index is 10.9. The van der Waals surface area contributed by atoms with Gasteiger partial charge >= 0.3 is 0 Å². The zero-order chi connectivity index (χ0) is 13.7. The fraction of sp³-hybridized carbons (Fsp3) is 0.143. The fourth-order valence-corrected chi connectivity index (χ4v) is 2.26. The van der Waals surface area contributed by atoms with Crippen molar-refractivity contribution in [2.45, 2.75) is 6.42 Å². The van der Waals surface area contributed by atoms with E-state index in [2.05, 4.69) is 21.2 Å². The molecule has 0 aliphatic heterocycles. The first-order valence-electron chi connectivity index (χ1n) is 5.89. The molecule has 4 nitrogen and oxygen atoms in total. The van der Waals surface area contributed by atoms with Crippen LogP contribution in [0.1, 0.15) is 5.56 Å². The van der Waals surface area contributed by atoms with Crippen molar-refractivity contribution in [3.63, 3.8) is 0 Å². The number of hydrogen-bond acceptors (Lipinski definition) is 3. The number of nitrogens with one attached hydrogen (secondary N) is 1. The molecule has 0 aliphatic carbocycles. The Kier molecular flexibility index (Phi) is 4.52. The Morgan fingerprint density at radius 1 is 1.11 bits per heavy atom. The summed E-state index contributed by atoms with van der Waals surface area (Å²) in [5.41, 5.74) is 1.91. The third kappa shape index (κ3) is 3.54. The van der Waals surface area contributed by atoms with Crippen molar-refractivity contribution < 1.29 is 4.92 Å². The van der Waals surface area contributed by atoms with E-state index in [1.165, 1.54) is 6.07 Å². The number of benzene rings is 2. The molecular formula is C14H13BrN2O2. The van der Waals surface area contributed by atoms with Crippen molar-refractivity contribution in [3.8, 4) is 0 Å². The summed E-state index contributed by atoms with van der Waals surface area (Å²) in [6.45, 7) is 0.646. The molecule has 0 fully saturated rings. The van der Waals surface area contributed by atoms with Gasteiger partial charge in [0.1, 0.15) is 0 Å². The average Bonchev–Trinajstić information content (AvgIpc) is 2.41. The van der Waals surface area contributed by atoms with E-state index in [1.807, 2.05) is 30.3 Å². The van der Waals surface area contributed by atoms with Gasteiger partial charge in [0, 0.05) is 28.3 Å². The molecule has 0 atom stereocenters. The molecule has 2 aromatic rings. The molecule has 0 spiro atoms. The van der Waals surface area contributed by atoms with Crippen molar-refractivity contribution in [2.75, 3.05) is 11.9 Å². The highest BCUT2D eigenvalue weighted by Crippen LogP contribution is 2.22. The van der Waals surface area contributed by atoms with E-state index < -0.39 is 0 Å². The predicted molar refractivity (Wildman–Crippen MR) is 79.4 cm³/mol. The third-order valence-electron chi connectivity index (χ3n) is 2.77. The highest BCUT2D eigenvalue weighted by Gasteiger charge is 2.11. The predicted octanol–water partition coefficient (Wildman–Crippen LogP) is 4.01. The fourth-order valence-electron chi connectivity index (χ4n) is 1.84. The normalized spacial score (nSPS) is 10.2. The van der Waals surface area contributed by atoms with Crippen LogP contribution >= 0.6 is 15.9 Å². The molecule has 2 aromatic carbocycles. The van der Waals surface area contributed by atoms with Gasteiger partial charge < -0.3 is 5.32 Å². The van der Waals surface area contributed by atoms with Gasteiger partial charge in [0.15, 0.2) is 0 Å². The molecule has 0 heterocycles. The van der Waals surface area contributed by atoms with E-state index >= 15 is 0 Å². The van der Waals surface area contributed by atoms with E-state index in [0.29, 0.717) is 13.0 Å². The molecule has 0 amide bonds. The van der Waals surface area contributed by atoms with Crippen LogP contribution in [-0.2, 0) is 6.42 Å². The second-order valence-corrected chi connectivity index (χ2v) is 4.90. The second-order valence-electron chi connectivity index (χ2n) is 4.04. The minimum Gasteiger partial charge on any atom is -0.384 e. The maximum Gasteiger partial charge on any atom is 0.272 e. The SMILES string of the molecule is O=[N+]([O-])c1ccccc1CCNc1ccccc1Br. The first kappa shape index (κ1) is 13.5. The van der Waals surface area contributed by atoms with Crippen LogP contribution in [0.3, 0.4) is 0 Å². The first-order chi connectivity index (χ1) is 9.18. The summed E-state index contributed by atoms with van der Waals surface area (Å²) in [6, 6.07) is 14.6. The van der Waals surface area contributed by atoms with Crippen molar-refractivity contribution in [3.05, 3.63) is 68.7 Å². The van der Waals surface area contributed by atoms with Gasteiger partial charge in [-0.05, 0) is 34.5 Å². The molecule has 0 unspecified atom stereocenters. The molecule has 2 rings (SSSR count). The monoisotopic (exact) mass is 320 g/mol. The van der Waals surface area contributed by atoms with Gasteiger partial charge in [-0.2, -0.15) is 0 Å². The van der Waals surface area contributed by atoms with Gasteiger partial charge in [0.25, 0.3) is 5.69 Å². The average molecular weight is 321 g/mol. The van der Waals surface area contributed by atoms with E-state index in [1.54, 1.807) is 12.1 Å². The minimum absolute atomic E-state index is 0.177. The van der Waals surface area contributed by atoms with Crippen LogP contribution in [0.4, 0.5) is 11.4 Å². The Morgan fingerprint density at radius 2 is 1.79 bits per heavy atom. The Hall–Kier alpha value is -1.88. The lowest BCUT2D eigenvalue weighted by atomic mass is 10.1. The van der Waals surface area contributed by atoms with Crippen LogP contribution in [0.2, 0.25) is 0 Å². The molecular weight excluding hydrogens is 308 g/mol. The lowest BCUT2D eigenvalue weighted by molar-refractivity contribution is -0.385. The summed E-state index contributed by atoms with van der Waals surface area (Å²) < 4.78 is 0.984. The first-order valence-corrected chi connectivity index (χ1v) is 6.68. The number of hydrogen-bond donors (Lipinski definition) is 1. The lowest BCUT2D eigenvalue weighted by Crippen LogP contribution is -2.06. The van der Waals surface area contributed by atoms with Gasteiger partial charge in [-0.25, -0.2) is 0 Å². The molecule has 0 saturated heterocycles. The quantitative estimate of drug-likeness (QED) is 0.669. The number of para-hydroxylation sites is 2. The molecule has 0 bridgehead atoms. The maximum absolute atomic E-state index is 10.9. The Balaban J connectivity index is 2.00. The third-order valence-corrected chi connectivity index (χ3v) is 3.46. The minimum atomic E-state index is -0.340. The Bertz CT molecular complexity index is 587. The second kappa shape index (κ2) is 6.33. The number of halogens is 1. The molecule has 19 heavy (non-hydrogen) atoms. The summed E-state index contributed by atoms with van der Waals surface area (Å²) in [4.78, 5) is 10.5. The summed E-state index contributed by atoms with van der Waals surface area (Å²) >= 11 is 3.45. The van der Waals surface area contributed by atoms with Crippen molar-refractivity contribution >= 4 is 27.3 Å². The van der Waals surface area contributed by atoms with Crippen LogP contribution in [0.25, 0.3) is 0 Å². The standard InChI is InChI=1S/C14H13BrN2O2/c15-12-6-2-3-7-13(12)16-10-9-11-5-1-4-8-14(11)17(18)19/h1-8,16H,9-10H2. The summed E-state index contributed by atoms with van der Waals surface area (Å²) in [7, 11) is 0. The number of nitrogens with zero attached hydrogens (tertiary/aromatic N) is 1. The smallest absolute Gasteiger partial charge is 0.272 e. The number of nitro benzene ring substituents is 1. The van der Waals surface area contributed by atoms with E-state index in [0.717, 1.165) is 15.7 Å². The highest BCUT2D eigenvalue weighted by atomic mass is 79.9. The Morgan fingerprint density at radius 3 is 2.53 bits per heavy atom. The van der Waals surface area contributed by atoms with E-state index in [4.69, 9.17) is 0 Å². The van der Waals surface area contributed by atoms with Crippen LogP contribution < -0.4 is 5.32 Å². The van der Waals surface area contributed by atoms with Gasteiger partial charge in [0.05, 0.1) is 4.92 Å². The van der Waals surface area contributed by atoms with Crippen LogP contribution in [-0.4, -0.2) is 11.5 Å². The van der Waals surface area contributed by atoms with Gasteiger partial charge in [-0.3, -0.25) is 10.1 Å². The molecule has 5 heteroatoms. The van der Waals surface area contributed by atoms with Crippen LogP contribution in [0.5, 0.6) is 0 Å². The summed E-state index contributed by atoms with van der Waals surface area (Å²) in [5, 5.41) is 14.1. The van der Waals surface area contributed by atoms with E-state index in [-0.39, 0.29) is 10.6 Å². The zero-order valence-electron chi connectivity index (χ0n) is 10.2. The van der Waals surface area contributed by atoms with Crippen molar-refractivity contribution in [2.24, 2.45) is 0 Å². The van der Waals surface area contributed by atoms with Gasteiger partial charge in [-0.15, -0.1) is 0 Å². The highest BCUT2D eigenvalue weighted by molar-refractivity contribution is 9.10. The molecule has 0 aromatic heterocycles. The zero-order valence-corrected chi connectivity index (χ0v) is 11.8. The van der Waals surface area contributed by atoms with Gasteiger partial charge in [0.2, 0.25) is 0 Å². The lowest BCUT2D eigenvalue weighted by Gasteiger charge is -2.08. The topological polar surface area (TPSA) is 55.2 Å². The van der Waals surface area contributed by atoms with Gasteiger partial charge in [-0.1, -0.05) is 30.3 Å².